The van der Waals surface area contributed by atoms with E-state index in [1.807, 2.05) is 11.6 Å². The van der Waals surface area contributed by atoms with Gasteiger partial charge in [-0.05, 0) is 6.42 Å². The summed E-state index contributed by atoms with van der Waals surface area (Å²) in [6.45, 7) is 2.18. The Balaban J connectivity index is 2.50. The zero-order chi connectivity index (χ0) is 7.40. The highest BCUT2D eigenvalue weighted by atomic mass is 79.9. The Morgan fingerprint density at radius 2 is 2.60 bits per heavy atom. The molecule has 0 spiro atoms. The van der Waals surface area contributed by atoms with Gasteiger partial charge in [0.05, 0.1) is 4.83 Å². The summed E-state index contributed by atoms with van der Waals surface area (Å²) in [5.41, 5.74) is 0. The first-order chi connectivity index (χ1) is 4.84. The smallest absolute Gasteiger partial charge is 0.106 e. The number of hydrogen-bond donors (Lipinski definition) is 0. The van der Waals surface area contributed by atoms with Crippen molar-refractivity contribution >= 4 is 27.3 Å². The largest absolute Gasteiger partial charge is 0.249 e. The number of rotatable bonds is 3. The average molecular weight is 220 g/mol. The molecule has 1 atom stereocenters. The van der Waals surface area contributed by atoms with Gasteiger partial charge in [-0.25, -0.2) is 4.98 Å². The summed E-state index contributed by atoms with van der Waals surface area (Å²) in [5, 5.41) is 3.21. The Kier molecular flexibility index (Phi) is 3.35. The van der Waals surface area contributed by atoms with E-state index >= 15 is 0 Å². The maximum absolute atomic E-state index is 4.21. The molecule has 1 unspecified atom stereocenters. The monoisotopic (exact) mass is 219 g/mol. The third-order valence-electron chi connectivity index (χ3n) is 1.26. The predicted octanol–water partition coefficient (Wildman–Crippen LogP) is 3.38. The molecule has 0 aromatic carbocycles. The predicted molar refractivity (Wildman–Crippen MR) is 48.7 cm³/mol. The van der Waals surface area contributed by atoms with Gasteiger partial charge in [-0.1, -0.05) is 29.3 Å². The van der Waals surface area contributed by atoms with E-state index in [2.05, 4.69) is 27.8 Å². The van der Waals surface area contributed by atoms with Gasteiger partial charge < -0.3 is 0 Å². The molecular formula is C7H10BrNS. The van der Waals surface area contributed by atoms with Gasteiger partial charge in [-0.15, -0.1) is 11.3 Å². The third-order valence-corrected chi connectivity index (χ3v) is 3.35. The van der Waals surface area contributed by atoms with Crippen LogP contribution in [0, 0.1) is 0 Å². The molecule has 0 saturated carbocycles. The van der Waals surface area contributed by atoms with E-state index < -0.39 is 0 Å². The van der Waals surface area contributed by atoms with Crippen molar-refractivity contribution in [2.45, 2.75) is 24.6 Å². The lowest BCUT2D eigenvalue weighted by atomic mass is 10.3. The summed E-state index contributed by atoms with van der Waals surface area (Å²) < 4.78 is 0. The van der Waals surface area contributed by atoms with Gasteiger partial charge in [0.1, 0.15) is 5.01 Å². The van der Waals surface area contributed by atoms with Crippen LogP contribution in [0.2, 0.25) is 0 Å². The highest BCUT2D eigenvalue weighted by molar-refractivity contribution is 9.09. The minimum absolute atomic E-state index is 0.470. The van der Waals surface area contributed by atoms with Crippen molar-refractivity contribution in [1.82, 2.24) is 4.98 Å². The Hall–Kier alpha value is 0.110. The Morgan fingerprint density at radius 3 is 3.10 bits per heavy atom. The molecule has 1 heterocycles. The van der Waals surface area contributed by atoms with Gasteiger partial charge in [0.2, 0.25) is 0 Å². The second-order valence-corrected chi connectivity index (χ2v) is 4.16. The van der Waals surface area contributed by atoms with Crippen molar-refractivity contribution in [1.29, 1.82) is 0 Å². The third kappa shape index (κ3) is 2.06. The van der Waals surface area contributed by atoms with Crippen molar-refractivity contribution in [3.8, 4) is 0 Å². The maximum atomic E-state index is 4.21. The first-order valence-electron chi connectivity index (χ1n) is 3.38. The number of nitrogens with zero attached hydrogens (tertiary/aromatic N) is 1. The number of hydrogen-bond acceptors (Lipinski definition) is 2. The van der Waals surface area contributed by atoms with E-state index in [-0.39, 0.29) is 0 Å². The second kappa shape index (κ2) is 4.09. The maximum Gasteiger partial charge on any atom is 0.106 e. The Morgan fingerprint density at radius 1 is 1.80 bits per heavy atom. The molecule has 0 bridgehead atoms. The molecule has 1 nitrogen and oxygen atoms in total. The molecule has 0 aliphatic carbocycles. The van der Waals surface area contributed by atoms with Crippen molar-refractivity contribution < 1.29 is 0 Å². The van der Waals surface area contributed by atoms with E-state index in [0.29, 0.717) is 4.83 Å². The standard InChI is InChI=1S/C7H10BrNS/c1-2-3-6(8)7-9-4-5-10-7/h4-6H,2-3H2,1H3. The fraction of sp³-hybridized carbons (Fsp3) is 0.571. The molecule has 0 radical (unpaired) electrons. The van der Waals surface area contributed by atoms with Gasteiger partial charge in [0.25, 0.3) is 0 Å². The van der Waals surface area contributed by atoms with Crippen LogP contribution in [0.3, 0.4) is 0 Å². The molecule has 1 rings (SSSR count). The van der Waals surface area contributed by atoms with Crippen LogP contribution in [0.25, 0.3) is 0 Å². The van der Waals surface area contributed by atoms with Crippen LogP contribution < -0.4 is 0 Å². The molecular weight excluding hydrogens is 210 g/mol. The lowest BCUT2D eigenvalue weighted by molar-refractivity contribution is 0.783. The van der Waals surface area contributed by atoms with Crippen LogP contribution in [-0.4, -0.2) is 4.98 Å². The molecule has 0 aliphatic heterocycles. The lowest BCUT2D eigenvalue weighted by Crippen LogP contribution is -1.86. The molecule has 0 aliphatic rings. The van der Waals surface area contributed by atoms with Crippen molar-refractivity contribution in [3.05, 3.63) is 16.6 Å². The average Bonchev–Trinajstić information content (AvgIpc) is 2.38. The molecule has 0 saturated heterocycles. The van der Waals surface area contributed by atoms with E-state index in [9.17, 15) is 0 Å². The lowest BCUT2D eigenvalue weighted by Gasteiger charge is -2.01. The van der Waals surface area contributed by atoms with E-state index in [1.165, 1.54) is 17.8 Å². The van der Waals surface area contributed by atoms with Gasteiger partial charge in [-0.2, -0.15) is 0 Å². The van der Waals surface area contributed by atoms with Crippen LogP contribution in [0.4, 0.5) is 0 Å². The normalized spacial score (nSPS) is 13.4. The second-order valence-electron chi connectivity index (χ2n) is 2.13. The van der Waals surface area contributed by atoms with Crippen LogP contribution in [0.1, 0.15) is 29.6 Å². The fourth-order valence-electron chi connectivity index (χ4n) is 0.766. The van der Waals surface area contributed by atoms with Crippen LogP contribution >= 0.6 is 27.3 Å². The summed E-state index contributed by atoms with van der Waals surface area (Å²) in [5.74, 6) is 0. The van der Waals surface area contributed by atoms with Gasteiger partial charge in [0.15, 0.2) is 0 Å². The van der Waals surface area contributed by atoms with Crippen molar-refractivity contribution in [3.63, 3.8) is 0 Å². The quantitative estimate of drug-likeness (QED) is 0.711. The molecule has 1 aromatic heterocycles. The molecule has 0 N–H and O–H groups in total. The van der Waals surface area contributed by atoms with Crippen molar-refractivity contribution in [2.75, 3.05) is 0 Å². The number of aromatic nitrogens is 1. The molecule has 0 amide bonds. The summed E-state index contributed by atoms with van der Waals surface area (Å²) in [6.07, 6.45) is 4.23. The summed E-state index contributed by atoms with van der Waals surface area (Å²) in [4.78, 5) is 4.68. The summed E-state index contributed by atoms with van der Waals surface area (Å²) >= 11 is 5.29. The molecule has 0 fully saturated rings. The Labute approximate surface area is 73.6 Å². The molecule has 3 heteroatoms. The van der Waals surface area contributed by atoms with E-state index in [1.54, 1.807) is 11.3 Å². The highest BCUT2D eigenvalue weighted by Gasteiger charge is 2.07. The van der Waals surface area contributed by atoms with Gasteiger partial charge in [0, 0.05) is 11.6 Å². The molecule has 10 heavy (non-hydrogen) atoms. The topological polar surface area (TPSA) is 12.9 Å². The summed E-state index contributed by atoms with van der Waals surface area (Å²) in [6, 6.07) is 0. The van der Waals surface area contributed by atoms with Crippen molar-refractivity contribution in [2.24, 2.45) is 0 Å². The van der Waals surface area contributed by atoms with Gasteiger partial charge in [-0.3, -0.25) is 0 Å². The number of alkyl halides is 1. The SMILES string of the molecule is CCCC(Br)c1nccs1. The minimum atomic E-state index is 0.470. The summed E-state index contributed by atoms with van der Waals surface area (Å²) in [7, 11) is 0. The zero-order valence-electron chi connectivity index (χ0n) is 5.88. The van der Waals surface area contributed by atoms with E-state index in [4.69, 9.17) is 0 Å². The van der Waals surface area contributed by atoms with Crippen LogP contribution in [-0.2, 0) is 0 Å². The van der Waals surface area contributed by atoms with Crippen LogP contribution in [0.5, 0.6) is 0 Å². The zero-order valence-corrected chi connectivity index (χ0v) is 8.28. The highest BCUT2D eigenvalue weighted by Crippen LogP contribution is 2.28. The Bertz CT molecular complexity index is 174. The number of halogens is 1. The van der Waals surface area contributed by atoms with Gasteiger partial charge >= 0.3 is 0 Å². The molecule has 1 aromatic rings. The van der Waals surface area contributed by atoms with E-state index in [0.717, 1.165) is 0 Å². The van der Waals surface area contributed by atoms with Crippen LogP contribution in [0.15, 0.2) is 11.6 Å². The first kappa shape index (κ1) is 8.21. The molecule has 56 valence electrons. The number of thiazole rings is 1. The fourth-order valence-corrected chi connectivity index (χ4v) is 2.31. The first-order valence-corrected chi connectivity index (χ1v) is 5.17. The minimum Gasteiger partial charge on any atom is -0.249 e.